The monoisotopic (exact) mass is 566 g/mol. The lowest BCUT2D eigenvalue weighted by atomic mass is 10.0. The first-order valence-electron chi connectivity index (χ1n) is 10.3. The molecular formula is C20H19ClF4N6O3S2. The van der Waals surface area contributed by atoms with E-state index in [4.69, 9.17) is 16.3 Å². The van der Waals surface area contributed by atoms with Crippen LogP contribution in [0.3, 0.4) is 0 Å². The van der Waals surface area contributed by atoms with Gasteiger partial charge in [-0.3, -0.25) is 4.72 Å². The van der Waals surface area contributed by atoms with Crippen molar-refractivity contribution in [3.8, 4) is 22.2 Å². The van der Waals surface area contributed by atoms with E-state index in [1.54, 1.807) is 17.7 Å². The Bertz CT molecular complexity index is 1360. The summed E-state index contributed by atoms with van der Waals surface area (Å²) >= 11 is 7.43. The summed E-state index contributed by atoms with van der Waals surface area (Å²) in [6.45, 7) is 1.69. The SMILES string of the molecule is Cc1nc(Oc2ccc(NS(=O)(=O)C(F)F)cc2Cl)c(-c2ccnc(N[C@@H]3CNCC(F)(F)C3)n2)s1. The lowest BCUT2D eigenvalue weighted by molar-refractivity contribution is -0.0244. The van der Waals surface area contributed by atoms with Crippen molar-refractivity contribution in [2.24, 2.45) is 0 Å². The summed E-state index contributed by atoms with van der Waals surface area (Å²) in [5.41, 5.74) is 0.248. The highest BCUT2D eigenvalue weighted by molar-refractivity contribution is 7.93. The van der Waals surface area contributed by atoms with Crippen molar-refractivity contribution >= 4 is 44.6 Å². The number of rotatable bonds is 8. The fourth-order valence-corrected chi connectivity index (χ4v) is 4.95. The molecule has 2 aromatic heterocycles. The van der Waals surface area contributed by atoms with Crippen LogP contribution in [0.5, 0.6) is 11.6 Å². The number of nitrogens with zero attached hydrogens (tertiary/aromatic N) is 3. The minimum Gasteiger partial charge on any atom is -0.436 e. The van der Waals surface area contributed by atoms with E-state index in [0.717, 1.165) is 6.07 Å². The maximum absolute atomic E-state index is 13.7. The van der Waals surface area contributed by atoms with Crippen molar-refractivity contribution < 1.29 is 30.7 Å². The van der Waals surface area contributed by atoms with Crippen LogP contribution >= 0.6 is 22.9 Å². The molecule has 3 heterocycles. The Kier molecular flexibility index (Phi) is 7.54. The third-order valence-corrected chi connectivity index (χ3v) is 7.14. The van der Waals surface area contributed by atoms with Crippen molar-refractivity contribution in [3.63, 3.8) is 0 Å². The van der Waals surface area contributed by atoms with Crippen LogP contribution in [-0.2, 0) is 10.0 Å². The second-order valence-corrected chi connectivity index (χ2v) is 11.1. The van der Waals surface area contributed by atoms with Gasteiger partial charge in [-0.05, 0) is 31.2 Å². The highest BCUT2D eigenvalue weighted by Gasteiger charge is 2.36. The van der Waals surface area contributed by atoms with E-state index in [2.05, 4.69) is 25.6 Å². The van der Waals surface area contributed by atoms with Crippen LogP contribution in [0, 0.1) is 6.92 Å². The Labute approximate surface area is 212 Å². The molecule has 1 aliphatic heterocycles. The fraction of sp³-hybridized carbons (Fsp3) is 0.350. The van der Waals surface area contributed by atoms with Crippen molar-refractivity contribution in [1.82, 2.24) is 20.3 Å². The van der Waals surface area contributed by atoms with Gasteiger partial charge in [0.15, 0.2) is 0 Å². The molecule has 0 spiro atoms. The minimum absolute atomic E-state index is 0.0585. The quantitative estimate of drug-likeness (QED) is 0.335. The number of ether oxygens (including phenoxy) is 1. The number of benzene rings is 1. The van der Waals surface area contributed by atoms with E-state index < -0.39 is 27.7 Å². The molecule has 0 aliphatic carbocycles. The van der Waals surface area contributed by atoms with E-state index in [0.29, 0.717) is 22.1 Å². The summed E-state index contributed by atoms with van der Waals surface area (Å²) in [4.78, 5) is 13.4. The molecule has 1 saturated heterocycles. The first-order valence-corrected chi connectivity index (χ1v) is 13.1. The van der Waals surface area contributed by atoms with Crippen LogP contribution < -0.4 is 20.1 Å². The number of anilines is 2. The topological polar surface area (TPSA) is 118 Å². The fourth-order valence-electron chi connectivity index (χ4n) is 3.37. The molecule has 1 fully saturated rings. The van der Waals surface area contributed by atoms with Gasteiger partial charge in [0, 0.05) is 25.2 Å². The highest BCUT2D eigenvalue weighted by Crippen LogP contribution is 2.39. The summed E-state index contributed by atoms with van der Waals surface area (Å²) in [5.74, 6) is -6.06. The van der Waals surface area contributed by atoms with Crippen molar-refractivity contribution in [2.45, 2.75) is 31.1 Å². The number of thiazole rings is 1. The highest BCUT2D eigenvalue weighted by atomic mass is 35.5. The maximum atomic E-state index is 13.7. The van der Waals surface area contributed by atoms with Crippen LogP contribution in [0.2, 0.25) is 5.02 Å². The van der Waals surface area contributed by atoms with Gasteiger partial charge < -0.3 is 15.4 Å². The summed E-state index contributed by atoms with van der Waals surface area (Å²) < 4.78 is 82.9. The third kappa shape index (κ3) is 6.32. The number of hydrogen-bond donors (Lipinski definition) is 3. The Morgan fingerprint density at radius 3 is 2.75 bits per heavy atom. The van der Waals surface area contributed by atoms with Crippen molar-refractivity contribution in [3.05, 3.63) is 40.5 Å². The first kappa shape index (κ1) is 26.3. The number of nitrogens with one attached hydrogen (secondary N) is 3. The van der Waals surface area contributed by atoms with Gasteiger partial charge in [0.1, 0.15) is 10.6 Å². The first-order chi connectivity index (χ1) is 16.9. The van der Waals surface area contributed by atoms with E-state index in [1.165, 1.54) is 29.7 Å². The standard InChI is InChI=1S/C20H19ClF4N6O3S2/c1-10-28-17(34-15-3-2-11(6-13(15)21)31-36(32,33)18(22)23)16(35-10)14-4-5-27-19(30-14)29-12-7-20(24,25)9-26-8-12/h2-6,12,18,26,31H,7-9H2,1H3,(H,27,29,30)/t12-/m0/s1. The van der Waals surface area contributed by atoms with Gasteiger partial charge in [-0.25, -0.2) is 32.2 Å². The molecule has 1 aromatic carbocycles. The average Bonchev–Trinajstić information content (AvgIpc) is 3.15. The van der Waals surface area contributed by atoms with Gasteiger partial charge >= 0.3 is 5.76 Å². The summed E-state index contributed by atoms with van der Waals surface area (Å²) in [5, 5.41) is 6.16. The molecule has 1 atom stereocenters. The summed E-state index contributed by atoms with van der Waals surface area (Å²) in [7, 11) is -4.86. The van der Waals surface area contributed by atoms with E-state index >= 15 is 0 Å². The lowest BCUT2D eigenvalue weighted by Crippen LogP contribution is -2.49. The molecule has 1 aliphatic rings. The second kappa shape index (κ2) is 10.3. The maximum Gasteiger partial charge on any atom is 0.355 e. The van der Waals surface area contributed by atoms with Crippen molar-refractivity contribution in [2.75, 3.05) is 23.1 Å². The van der Waals surface area contributed by atoms with Crippen LogP contribution in [0.1, 0.15) is 11.4 Å². The van der Waals surface area contributed by atoms with Gasteiger partial charge in [0.25, 0.3) is 15.9 Å². The largest absolute Gasteiger partial charge is 0.436 e. The molecule has 36 heavy (non-hydrogen) atoms. The molecule has 3 N–H and O–H groups in total. The van der Waals surface area contributed by atoms with E-state index in [-0.39, 0.29) is 41.3 Å². The van der Waals surface area contributed by atoms with Gasteiger partial charge in [0.2, 0.25) is 11.8 Å². The number of aromatic nitrogens is 3. The van der Waals surface area contributed by atoms with Crippen molar-refractivity contribution in [1.29, 1.82) is 0 Å². The predicted octanol–water partition coefficient (Wildman–Crippen LogP) is 4.73. The zero-order valence-corrected chi connectivity index (χ0v) is 20.8. The minimum atomic E-state index is -4.86. The molecule has 4 rings (SSSR count). The van der Waals surface area contributed by atoms with E-state index in [9.17, 15) is 26.0 Å². The number of hydrogen-bond acceptors (Lipinski definition) is 9. The number of aryl methyl sites for hydroxylation is 1. The number of piperidine rings is 1. The Morgan fingerprint density at radius 2 is 2.06 bits per heavy atom. The second-order valence-electron chi connectivity index (χ2n) is 7.82. The molecule has 194 valence electrons. The van der Waals surface area contributed by atoms with E-state index in [1.807, 2.05) is 0 Å². The summed E-state index contributed by atoms with van der Waals surface area (Å²) in [6.07, 6.45) is 1.11. The zero-order valence-electron chi connectivity index (χ0n) is 18.4. The van der Waals surface area contributed by atoms with Gasteiger partial charge in [-0.2, -0.15) is 8.78 Å². The van der Waals surface area contributed by atoms with Crippen LogP contribution in [0.25, 0.3) is 10.6 Å². The molecule has 0 amide bonds. The Hall–Kier alpha value is -2.75. The molecule has 16 heteroatoms. The number of alkyl halides is 4. The Balaban J connectivity index is 1.54. The molecule has 0 bridgehead atoms. The van der Waals surface area contributed by atoms with Crippen LogP contribution in [-0.4, -0.2) is 54.2 Å². The molecule has 0 unspecified atom stereocenters. The van der Waals surface area contributed by atoms with Crippen LogP contribution in [0.15, 0.2) is 30.5 Å². The van der Waals surface area contributed by atoms with Gasteiger partial charge in [-0.1, -0.05) is 11.6 Å². The predicted molar refractivity (Wildman–Crippen MR) is 128 cm³/mol. The molecule has 0 saturated carbocycles. The third-order valence-electron chi connectivity index (χ3n) is 4.88. The molecule has 0 radical (unpaired) electrons. The smallest absolute Gasteiger partial charge is 0.355 e. The number of halogens is 5. The van der Waals surface area contributed by atoms with Gasteiger partial charge in [-0.15, -0.1) is 11.3 Å². The number of sulfonamides is 1. The normalized spacial score (nSPS) is 17.7. The average molecular weight is 567 g/mol. The summed E-state index contributed by atoms with van der Waals surface area (Å²) in [6, 6.07) is 4.66. The van der Waals surface area contributed by atoms with Gasteiger partial charge in [0.05, 0.1) is 28.0 Å². The molecular weight excluding hydrogens is 548 g/mol. The molecule has 9 nitrogen and oxygen atoms in total. The Morgan fingerprint density at radius 1 is 1.28 bits per heavy atom. The molecule has 3 aromatic rings. The van der Waals surface area contributed by atoms with Crippen LogP contribution in [0.4, 0.5) is 29.2 Å². The lowest BCUT2D eigenvalue weighted by Gasteiger charge is -2.30. The zero-order chi connectivity index (χ0) is 26.1.